The molecule has 0 radical (unpaired) electrons. The first-order valence-electron chi connectivity index (χ1n) is 3.96. The van der Waals surface area contributed by atoms with Gasteiger partial charge in [0.2, 0.25) is 0 Å². The summed E-state index contributed by atoms with van der Waals surface area (Å²) in [5, 5.41) is 7.74. The highest BCUT2D eigenvalue weighted by molar-refractivity contribution is 9.10. The first-order valence-corrected chi connectivity index (χ1v) is 4.75. The maximum atomic E-state index is 4.14. The largest absolute Gasteiger partial charge is 0.239 e. The number of amidine groups is 1. The minimum atomic E-state index is 0.463. The summed E-state index contributed by atoms with van der Waals surface area (Å²) in [6, 6.07) is 6.04. The summed E-state index contributed by atoms with van der Waals surface area (Å²) in [4.78, 5) is 4.14. The van der Waals surface area contributed by atoms with E-state index >= 15 is 0 Å². The molecule has 4 heteroatoms. The van der Waals surface area contributed by atoms with Crippen molar-refractivity contribution < 1.29 is 0 Å². The van der Waals surface area contributed by atoms with E-state index in [4.69, 9.17) is 0 Å². The number of halogens is 1. The van der Waals surface area contributed by atoms with Crippen LogP contribution in [0.3, 0.4) is 0 Å². The Morgan fingerprint density at radius 3 is 2.85 bits per heavy atom. The first kappa shape index (κ1) is 8.56. The van der Waals surface area contributed by atoms with Crippen molar-refractivity contribution in [2.45, 2.75) is 6.92 Å². The highest BCUT2D eigenvalue weighted by Crippen LogP contribution is 2.18. The number of hydrogen-bond acceptors (Lipinski definition) is 3. The lowest BCUT2D eigenvalue weighted by atomic mass is 10.1. The zero-order chi connectivity index (χ0) is 9.26. The Labute approximate surface area is 84.7 Å². The molecule has 2 rings (SSSR count). The van der Waals surface area contributed by atoms with E-state index in [-0.39, 0.29) is 0 Å². The van der Waals surface area contributed by atoms with Gasteiger partial charge in [-0.15, -0.1) is 5.11 Å². The van der Waals surface area contributed by atoms with Crippen LogP contribution >= 0.6 is 15.9 Å². The van der Waals surface area contributed by atoms with Gasteiger partial charge in [-0.25, -0.2) is 4.99 Å². The lowest BCUT2D eigenvalue weighted by molar-refractivity contribution is 1.05. The maximum Gasteiger partial charge on any atom is 0.178 e. The van der Waals surface area contributed by atoms with E-state index in [1.807, 2.05) is 25.1 Å². The lowest BCUT2D eigenvalue weighted by Crippen LogP contribution is -1.94. The Hall–Kier alpha value is -1.03. The second-order valence-electron chi connectivity index (χ2n) is 2.83. The van der Waals surface area contributed by atoms with Gasteiger partial charge in [0.25, 0.3) is 0 Å². The van der Waals surface area contributed by atoms with Crippen LogP contribution in [0.15, 0.2) is 37.9 Å². The molecule has 66 valence electrons. The van der Waals surface area contributed by atoms with Crippen molar-refractivity contribution in [2.75, 3.05) is 6.67 Å². The van der Waals surface area contributed by atoms with Gasteiger partial charge in [0.05, 0.1) is 0 Å². The topological polar surface area (TPSA) is 37.1 Å². The van der Waals surface area contributed by atoms with Crippen molar-refractivity contribution in [3.05, 3.63) is 33.8 Å². The fourth-order valence-electron chi connectivity index (χ4n) is 1.16. The molecule has 3 nitrogen and oxygen atoms in total. The molecular formula is C9H8BrN3. The summed E-state index contributed by atoms with van der Waals surface area (Å²) < 4.78 is 1.10. The van der Waals surface area contributed by atoms with Gasteiger partial charge in [0.15, 0.2) is 12.5 Å². The molecule has 0 saturated carbocycles. The van der Waals surface area contributed by atoms with Gasteiger partial charge in [-0.05, 0) is 30.7 Å². The van der Waals surface area contributed by atoms with Crippen LogP contribution in [-0.4, -0.2) is 12.5 Å². The maximum absolute atomic E-state index is 4.14. The minimum Gasteiger partial charge on any atom is -0.239 e. The SMILES string of the molecule is Cc1cc(C2=NCN=N2)ccc1Br. The number of hydrogen-bond donors (Lipinski definition) is 0. The molecule has 1 aromatic carbocycles. The monoisotopic (exact) mass is 237 g/mol. The molecule has 1 heterocycles. The van der Waals surface area contributed by atoms with Crippen molar-refractivity contribution in [3.63, 3.8) is 0 Å². The molecule has 0 saturated heterocycles. The predicted octanol–water partition coefficient (Wildman–Crippen LogP) is 2.93. The molecule has 0 bridgehead atoms. The molecule has 0 aliphatic carbocycles. The number of benzene rings is 1. The van der Waals surface area contributed by atoms with E-state index in [0.717, 1.165) is 15.9 Å². The average Bonchev–Trinajstić information content (AvgIpc) is 2.62. The molecule has 0 fully saturated rings. The van der Waals surface area contributed by atoms with Crippen LogP contribution in [0.2, 0.25) is 0 Å². The quantitative estimate of drug-likeness (QED) is 0.721. The van der Waals surface area contributed by atoms with E-state index in [1.54, 1.807) is 0 Å². The van der Waals surface area contributed by atoms with Gasteiger partial charge >= 0.3 is 0 Å². The van der Waals surface area contributed by atoms with Crippen LogP contribution in [-0.2, 0) is 0 Å². The molecule has 1 aliphatic rings. The van der Waals surface area contributed by atoms with Gasteiger partial charge in [-0.1, -0.05) is 15.9 Å². The van der Waals surface area contributed by atoms with Crippen molar-refractivity contribution >= 4 is 21.8 Å². The van der Waals surface area contributed by atoms with Gasteiger partial charge in [0, 0.05) is 10.0 Å². The Morgan fingerprint density at radius 1 is 1.38 bits per heavy atom. The zero-order valence-electron chi connectivity index (χ0n) is 7.16. The molecule has 1 aromatic rings. The number of rotatable bonds is 1. The molecule has 1 aliphatic heterocycles. The molecule has 0 aromatic heterocycles. The highest BCUT2D eigenvalue weighted by atomic mass is 79.9. The second kappa shape index (κ2) is 3.38. The molecule has 0 atom stereocenters. The Bertz CT molecular complexity index is 396. The van der Waals surface area contributed by atoms with Gasteiger partial charge in [-0.2, -0.15) is 5.11 Å². The molecular weight excluding hydrogens is 230 g/mol. The Morgan fingerprint density at radius 2 is 2.23 bits per heavy atom. The van der Waals surface area contributed by atoms with Crippen molar-refractivity contribution in [1.82, 2.24) is 0 Å². The summed E-state index contributed by atoms with van der Waals surface area (Å²) in [5.74, 6) is 0.732. The van der Waals surface area contributed by atoms with Gasteiger partial charge in [-0.3, -0.25) is 0 Å². The highest BCUT2D eigenvalue weighted by Gasteiger charge is 2.06. The normalized spacial score (nSPS) is 14.8. The van der Waals surface area contributed by atoms with Crippen LogP contribution in [0.25, 0.3) is 0 Å². The fraction of sp³-hybridized carbons (Fsp3) is 0.222. The summed E-state index contributed by atoms with van der Waals surface area (Å²) in [7, 11) is 0. The first-order chi connectivity index (χ1) is 6.27. The van der Waals surface area contributed by atoms with Gasteiger partial charge < -0.3 is 0 Å². The predicted molar refractivity (Wildman–Crippen MR) is 55.1 cm³/mol. The summed E-state index contributed by atoms with van der Waals surface area (Å²) in [6.07, 6.45) is 0. The number of aliphatic imine (C=N–C) groups is 1. The standard InChI is InChI=1S/C9H8BrN3/c1-6-4-7(2-3-8(6)10)9-11-5-12-13-9/h2-4H,5H2,1H3. The lowest BCUT2D eigenvalue weighted by Gasteiger charge is -2.00. The molecule has 0 amide bonds. The van der Waals surface area contributed by atoms with Crippen LogP contribution in [0.1, 0.15) is 11.1 Å². The smallest absolute Gasteiger partial charge is 0.178 e. The zero-order valence-corrected chi connectivity index (χ0v) is 8.74. The van der Waals surface area contributed by atoms with E-state index in [2.05, 4.69) is 31.2 Å². The van der Waals surface area contributed by atoms with Crippen LogP contribution in [0, 0.1) is 6.92 Å². The van der Waals surface area contributed by atoms with Crippen LogP contribution in [0.4, 0.5) is 0 Å². The number of azo groups is 1. The fourth-order valence-corrected chi connectivity index (χ4v) is 1.41. The van der Waals surface area contributed by atoms with E-state index in [9.17, 15) is 0 Å². The molecule has 13 heavy (non-hydrogen) atoms. The van der Waals surface area contributed by atoms with E-state index in [0.29, 0.717) is 6.67 Å². The second-order valence-corrected chi connectivity index (χ2v) is 3.68. The average molecular weight is 238 g/mol. The summed E-state index contributed by atoms with van der Waals surface area (Å²) in [6.45, 7) is 2.50. The summed E-state index contributed by atoms with van der Waals surface area (Å²) in [5.41, 5.74) is 2.21. The van der Waals surface area contributed by atoms with Crippen LogP contribution < -0.4 is 0 Å². The molecule has 0 N–H and O–H groups in total. The Kier molecular flexibility index (Phi) is 2.22. The number of aryl methyl sites for hydroxylation is 1. The third-order valence-corrected chi connectivity index (χ3v) is 2.76. The molecule has 0 unspecified atom stereocenters. The van der Waals surface area contributed by atoms with Crippen LogP contribution in [0.5, 0.6) is 0 Å². The van der Waals surface area contributed by atoms with Gasteiger partial charge in [0.1, 0.15) is 0 Å². The Balaban J connectivity index is 2.42. The van der Waals surface area contributed by atoms with Crippen molar-refractivity contribution in [3.8, 4) is 0 Å². The molecule has 0 spiro atoms. The van der Waals surface area contributed by atoms with E-state index < -0.39 is 0 Å². The summed E-state index contributed by atoms with van der Waals surface area (Å²) >= 11 is 3.44. The van der Waals surface area contributed by atoms with E-state index in [1.165, 1.54) is 5.56 Å². The third kappa shape index (κ3) is 1.67. The third-order valence-electron chi connectivity index (χ3n) is 1.87. The minimum absolute atomic E-state index is 0.463. The van der Waals surface area contributed by atoms with Crippen molar-refractivity contribution in [1.29, 1.82) is 0 Å². The number of nitrogens with zero attached hydrogens (tertiary/aromatic N) is 3. The van der Waals surface area contributed by atoms with Crippen molar-refractivity contribution in [2.24, 2.45) is 15.2 Å².